The molecule has 0 saturated heterocycles. The maximum atomic E-state index is 13.2. The molecule has 0 saturated carbocycles. The molecule has 162 valence electrons. The lowest BCUT2D eigenvalue weighted by Gasteiger charge is -2.31. The highest BCUT2D eigenvalue weighted by atomic mass is 35.5. The molecule has 0 unspecified atom stereocenters. The Labute approximate surface area is 189 Å². The number of carbonyl (C=O) groups is 2. The van der Waals surface area contributed by atoms with Gasteiger partial charge in [0.1, 0.15) is 6.04 Å². The van der Waals surface area contributed by atoms with E-state index in [0.29, 0.717) is 41.4 Å². The highest BCUT2D eigenvalue weighted by molar-refractivity contribution is 6.36. The molecule has 1 atom stereocenters. The summed E-state index contributed by atoms with van der Waals surface area (Å²) >= 11 is 12.7. The summed E-state index contributed by atoms with van der Waals surface area (Å²) in [6.45, 7) is 6.58. The zero-order valence-corrected chi connectivity index (χ0v) is 19.4. The van der Waals surface area contributed by atoms with E-state index in [0.717, 1.165) is 12.0 Å². The van der Waals surface area contributed by atoms with Crippen LogP contribution in [0.15, 0.2) is 42.5 Å². The summed E-state index contributed by atoms with van der Waals surface area (Å²) in [6, 6.07) is 13.0. The minimum Gasteiger partial charge on any atom is -0.355 e. The van der Waals surface area contributed by atoms with Crippen molar-refractivity contribution in [1.82, 2.24) is 10.2 Å². The predicted octanol–water partition coefficient (Wildman–Crippen LogP) is 5.43. The molecule has 0 aliphatic rings. The maximum Gasteiger partial charge on any atom is 0.242 e. The Balaban J connectivity index is 2.24. The lowest BCUT2D eigenvalue weighted by Crippen LogP contribution is -2.49. The van der Waals surface area contributed by atoms with Gasteiger partial charge in [0.05, 0.1) is 0 Å². The molecule has 0 aliphatic heterocycles. The second-order valence-electron chi connectivity index (χ2n) is 7.21. The van der Waals surface area contributed by atoms with E-state index in [4.69, 9.17) is 23.2 Å². The molecule has 0 spiro atoms. The van der Waals surface area contributed by atoms with Crippen LogP contribution in [0.5, 0.6) is 0 Å². The number of aryl methyl sites for hydroxylation is 2. The van der Waals surface area contributed by atoms with Crippen LogP contribution in [-0.4, -0.2) is 29.3 Å². The number of likely N-dealkylation sites (N-methyl/N-ethyl adjacent to an activating group) is 1. The molecule has 2 aromatic rings. The molecule has 0 fully saturated rings. The summed E-state index contributed by atoms with van der Waals surface area (Å²) in [5.74, 6) is -0.257. The Morgan fingerprint density at radius 1 is 0.967 bits per heavy atom. The van der Waals surface area contributed by atoms with Gasteiger partial charge >= 0.3 is 0 Å². The SMILES string of the molecule is CCNC(=O)[C@@H](CC)N(Cc1c(Cl)cccc1Cl)C(=O)CCc1ccc(CC)cc1. The molecular formula is C24H30Cl2N2O2. The van der Waals surface area contributed by atoms with E-state index in [-0.39, 0.29) is 18.4 Å². The number of hydrogen-bond donors (Lipinski definition) is 1. The summed E-state index contributed by atoms with van der Waals surface area (Å²) in [5.41, 5.74) is 3.02. The van der Waals surface area contributed by atoms with E-state index in [1.165, 1.54) is 5.56 Å². The summed E-state index contributed by atoms with van der Waals surface area (Å²) in [7, 11) is 0. The highest BCUT2D eigenvalue weighted by Crippen LogP contribution is 2.27. The fourth-order valence-electron chi connectivity index (χ4n) is 3.40. The number of nitrogens with zero attached hydrogens (tertiary/aromatic N) is 1. The fraction of sp³-hybridized carbons (Fsp3) is 0.417. The van der Waals surface area contributed by atoms with Gasteiger partial charge in [-0.15, -0.1) is 0 Å². The summed E-state index contributed by atoms with van der Waals surface area (Å²) in [6.07, 6.45) is 2.41. The maximum absolute atomic E-state index is 13.2. The minimum absolute atomic E-state index is 0.0938. The van der Waals surface area contributed by atoms with Crippen LogP contribution in [-0.2, 0) is 29.0 Å². The first-order valence-corrected chi connectivity index (χ1v) is 11.2. The van der Waals surface area contributed by atoms with E-state index in [9.17, 15) is 9.59 Å². The van der Waals surface area contributed by atoms with Crippen molar-refractivity contribution in [2.24, 2.45) is 0 Å². The third-order valence-corrected chi connectivity index (χ3v) is 5.89. The summed E-state index contributed by atoms with van der Waals surface area (Å²) in [5, 5.41) is 3.81. The third-order valence-electron chi connectivity index (χ3n) is 5.19. The van der Waals surface area contributed by atoms with Gasteiger partial charge in [-0.1, -0.05) is 67.4 Å². The molecular weight excluding hydrogens is 419 g/mol. The van der Waals surface area contributed by atoms with Gasteiger partial charge in [0, 0.05) is 35.1 Å². The van der Waals surface area contributed by atoms with Gasteiger partial charge < -0.3 is 10.2 Å². The van der Waals surface area contributed by atoms with Crippen LogP contribution in [0.1, 0.15) is 50.3 Å². The van der Waals surface area contributed by atoms with Crippen LogP contribution in [0.2, 0.25) is 10.0 Å². The van der Waals surface area contributed by atoms with Crippen molar-refractivity contribution in [2.75, 3.05) is 6.54 Å². The van der Waals surface area contributed by atoms with Crippen LogP contribution in [0.4, 0.5) is 0 Å². The number of nitrogens with one attached hydrogen (secondary N) is 1. The highest BCUT2D eigenvalue weighted by Gasteiger charge is 2.29. The Hall–Kier alpha value is -2.04. The summed E-state index contributed by atoms with van der Waals surface area (Å²) < 4.78 is 0. The standard InChI is InChI=1S/C24H30Cl2N2O2/c1-4-17-10-12-18(13-11-17)14-15-23(29)28(22(5-2)24(30)27-6-3)16-19-20(25)8-7-9-21(19)26/h7-13,22H,4-6,14-16H2,1-3H3,(H,27,30)/t22-/m1/s1. The average molecular weight is 449 g/mol. The first-order valence-electron chi connectivity index (χ1n) is 10.5. The van der Waals surface area contributed by atoms with Crippen molar-refractivity contribution < 1.29 is 9.59 Å². The number of hydrogen-bond acceptors (Lipinski definition) is 2. The number of benzene rings is 2. The first kappa shape index (κ1) is 24.2. The summed E-state index contributed by atoms with van der Waals surface area (Å²) in [4.78, 5) is 27.5. The molecule has 4 nitrogen and oxygen atoms in total. The molecule has 2 aromatic carbocycles. The predicted molar refractivity (Wildman–Crippen MR) is 124 cm³/mol. The molecule has 2 amide bonds. The largest absolute Gasteiger partial charge is 0.355 e. The minimum atomic E-state index is -0.577. The molecule has 0 aliphatic carbocycles. The van der Waals surface area contributed by atoms with Crippen molar-refractivity contribution in [3.8, 4) is 0 Å². The van der Waals surface area contributed by atoms with Gasteiger partial charge in [-0.3, -0.25) is 9.59 Å². The molecule has 0 aromatic heterocycles. The smallest absolute Gasteiger partial charge is 0.242 e. The molecule has 6 heteroatoms. The van der Waals surface area contributed by atoms with Gasteiger partial charge in [-0.25, -0.2) is 0 Å². The monoisotopic (exact) mass is 448 g/mol. The number of amides is 2. The van der Waals surface area contributed by atoms with E-state index in [2.05, 4.69) is 36.5 Å². The van der Waals surface area contributed by atoms with E-state index >= 15 is 0 Å². The molecule has 0 heterocycles. The van der Waals surface area contributed by atoms with Crippen molar-refractivity contribution in [2.45, 2.75) is 59.0 Å². The van der Waals surface area contributed by atoms with Crippen LogP contribution < -0.4 is 5.32 Å². The van der Waals surface area contributed by atoms with E-state index < -0.39 is 6.04 Å². The van der Waals surface area contributed by atoms with Crippen LogP contribution in [0.25, 0.3) is 0 Å². The van der Waals surface area contributed by atoms with Gasteiger partial charge in [0.25, 0.3) is 0 Å². The van der Waals surface area contributed by atoms with Gasteiger partial charge in [0.15, 0.2) is 0 Å². The van der Waals surface area contributed by atoms with Gasteiger partial charge in [-0.2, -0.15) is 0 Å². The fourth-order valence-corrected chi connectivity index (χ4v) is 3.92. The quantitative estimate of drug-likeness (QED) is 0.526. The van der Waals surface area contributed by atoms with Gasteiger partial charge in [-0.05, 0) is 49.4 Å². The second kappa shape index (κ2) is 12.0. The van der Waals surface area contributed by atoms with Crippen molar-refractivity contribution in [3.05, 3.63) is 69.2 Å². The topological polar surface area (TPSA) is 49.4 Å². The Morgan fingerprint density at radius 2 is 1.57 bits per heavy atom. The first-order chi connectivity index (χ1) is 14.4. The Morgan fingerprint density at radius 3 is 2.10 bits per heavy atom. The van der Waals surface area contributed by atoms with Crippen LogP contribution in [0.3, 0.4) is 0 Å². The van der Waals surface area contributed by atoms with E-state index in [1.54, 1.807) is 23.1 Å². The lowest BCUT2D eigenvalue weighted by atomic mass is 10.0. The molecule has 2 rings (SSSR count). The Bertz CT molecular complexity index is 833. The van der Waals surface area contributed by atoms with Crippen LogP contribution in [0, 0.1) is 0 Å². The Kier molecular flexibility index (Phi) is 9.67. The molecule has 0 bridgehead atoms. The zero-order valence-electron chi connectivity index (χ0n) is 17.9. The number of halogens is 2. The van der Waals surface area contributed by atoms with Crippen molar-refractivity contribution >= 4 is 35.0 Å². The van der Waals surface area contributed by atoms with Crippen LogP contribution >= 0.6 is 23.2 Å². The van der Waals surface area contributed by atoms with Crippen molar-refractivity contribution in [1.29, 1.82) is 0 Å². The third kappa shape index (κ3) is 6.48. The lowest BCUT2D eigenvalue weighted by molar-refractivity contribution is -0.141. The molecule has 30 heavy (non-hydrogen) atoms. The normalized spacial score (nSPS) is 11.8. The van der Waals surface area contributed by atoms with Crippen molar-refractivity contribution in [3.63, 3.8) is 0 Å². The molecule has 0 radical (unpaired) electrons. The number of carbonyl (C=O) groups excluding carboxylic acids is 2. The average Bonchev–Trinajstić information content (AvgIpc) is 2.74. The van der Waals surface area contributed by atoms with Gasteiger partial charge in [0.2, 0.25) is 11.8 Å². The molecule has 1 N–H and O–H groups in total. The zero-order chi connectivity index (χ0) is 22.1. The second-order valence-corrected chi connectivity index (χ2v) is 8.02. The van der Waals surface area contributed by atoms with E-state index in [1.807, 2.05) is 13.8 Å². The number of rotatable bonds is 10.